The van der Waals surface area contributed by atoms with Gasteiger partial charge >= 0.3 is 5.97 Å². The van der Waals surface area contributed by atoms with Gasteiger partial charge < -0.3 is 10.0 Å². The van der Waals surface area contributed by atoms with Crippen molar-refractivity contribution in [3.05, 3.63) is 34.9 Å². The van der Waals surface area contributed by atoms with Gasteiger partial charge in [-0.05, 0) is 50.7 Å². The van der Waals surface area contributed by atoms with Crippen LogP contribution in [-0.4, -0.2) is 53.0 Å². The molecule has 1 aromatic rings. The number of carbonyl (C=O) groups excluding carboxylic acids is 1. The normalized spacial score (nSPS) is 20.6. The first kappa shape index (κ1) is 17.9. The number of nitrogens with zero attached hydrogens (tertiary/aromatic N) is 2. The molecule has 2 aliphatic heterocycles. The van der Waals surface area contributed by atoms with E-state index in [2.05, 4.69) is 0 Å². The van der Waals surface area contributed by atoms with E-state index in [0.717, 1.165) is 55.5 Å². The number of carbonyl (C=O) groups is 2. The number of hydrogen-bond donors (Lipinski definition) is 1. The van der Waals surface area contributed by atoms with Gasteiger partial charge in [-0.3, -0.25) is 14.5 Å². The van der Waals surface area contributed by atoms with Crippen molar-refractivity contribution >= 4 is 11.9 Å². The summed E-state index contributed by atoms with van der Waals surface area (Å²) in [5.74, 6) is -0.477. The van der Waals surface area contributed by atoms with Crippen LogP contribution in [0.2, 0.25) is 0 Å². The van der Waals surface area contributed by atoms with Crippen molar-refractivity contribution in [2.45, 2.75) is 45.6 Å². The summed E-state index contributed by atoms with van der Waals surface area (Å²) in [6, 6.07) is 5.32. The Labute approximate surface area is 149 Å². The number of likely N-dealkylation sites (tertiary alicyclic amines) is 2. The number of aryl methyl sites for hydroxylation is 2. The molecule has 1 N–H and O–H groups in total. The summed E-state index contributed by atoms with van der Waals surface area (Å²) >= 11 is 0. The fourth-order valence-electron chi connectivity index (χ4n) is 4.22. The summed E-state index contributed by atoms with van der Waals surface area (Å²) in [7, 11) is 0. The van der Waals surface area contributed by atoms with Crippen molar-refractivity contribution in [1.82, 2.24) is 9.80 Å². The van der Waals surface area contributed by atoms with Crippen LogP contribution in [0.25, 0.3) is 0 Å². The molecule has 5 heteroatoms. The Balaban J connectivity index is 1.68. The van der Waals surface area contributed by atoms with Crippen molar-refractivity contribution in [3.8, 4) is 0 Å². The van der Waals surface area contributed by atoms with Crippen LogP contribution in [0.15, 0.2) is 18.2 Å². The zero-order chi connectivity index (χ0) is 18.0. The van der Waals surface area contributed by atoms with Crippen LogP contribution in [0.1, 0.15) is 48.4 Å². The quantitative estimate of drug-likeness (QED) is 0.912. The molecule has 0 spiro atoms. The molecular formula is C20H28N2O3. The molecule has 1 aromatic carbocycles. The molecule has 5 nitrogen and oxygen atoms in total. The Morgan fingerprint density at radius 3 is 2.28 bits per heavy atom. The van der Waals surface area contributed by atoms with E-state index in [9.17, 15) is 14.7 Å². The lowest BCUT2D eigenvalue weighted by molar-refractivity contribution is -0.145. The Morgan fingerprint density at radius 1 is 1.08 bits per heavy atom. The molecule has 1 atom stereocenters. The Kier molecular flexibility index (Phi) is 5.42. The number of carboxylic acids is 1. The Morgan fingerprint density at radius 2 is 1.72 bits per heavy atom. The number of carboxylic acid groups (broad SMARTS) is 1. The van der Waals surface area contributed by atoms with E-state index in [1.54, 1.807) is 0 Å². The number of aliphatic carboxylic acids is 1. The van der Waals surface area contributed by atoms with E-state index >= 15 is 0 Å². The first-order valence-corrected chi connectivity index (χ1v) is 9.30. The second kappa shape index (κ2) is 7.56. The van der Waals surface area contributed by atoms with Crippen molar-refractivity contribution in [2.75, 3.05) is 26.2 Å². The smallest absolute Gasteiger partial charge is 0.325 e. The molecule has 0 aromatic heterocycles. The Bertz CT molecular complexity index is 644. The molecule has 0 saturated carbocycles. The van der Waals surface area contributed by atoms with E-state index in [4.69, 9.17) is 0 Å². The average Bonchev–Trinajstić information content (AvgIpc) is 3.11. The molecule has 1 amide bonds. The highest BCUT2D eigenvalue weighted by molar-refractivity contribution is 5.79. The standard InChI is InChI=1S/C20H28N2O3/c1-14-5-6-17(15(2)13-14)18(20(24)25)21-11-7-16(8-12-21)19(23)22-9-3-4-10-22/h5-6,13,16,18H,3-4,7-12H2,1-2H3,(H,24,25)/t18-/m0/s1. The van der Waals surface area contributed by atoms with Gasteiger partial charge in [0.2, 0.25) is 5.91 Å². The molecule has 2 aliphatic rings. The number of amides is 1. The topological polar surface area (TPSA) is 60.9 Å². The van der Waals surface area contributed by atoms with Gasteiger partial charge in [0.1, 0.15) is 6.04 Å². The number of piperidine rings is 1. The maximum atomic E-state index is 12.6. The predicted molar refractivity (Wildman–Crippen MR) is 96.4 cm³/mol. The highest BCUT2D eigenvalue weighted by atomic mass is 16.4. The van der Waals surface area contributed by atoms with Crippen molar-refractivity contribution in [3.63, 3.8) is 0 Å². The fourth-order valence-corrected chi connectivity index (χ4v) is 4.22. The molecule has 0 aliphatic carbocycles. The highest BCUT2D eigenvalue weighted by Gasteiger charge is 2.35. The first-order valence-electron chi connectivity index (χ1n) is 9.30. The van der Waals surface area contributed by atoms with Crippen molar-refractivity contribution in [2.24, 2.45) is 5.92 Å². The van der Waals surface area contributed by atoms with E-state index in [-0.39, 0.29) is 11.8 Å². The molecule has 136 valence electrons. The van der Waals surface area contributed by atoms with E-state index in [1.807, 2.05) is 41.8 Å². The second-order valence-electron chi connectivity index (χ2n) is 7.44. The van der Waals surface area contributed by atoms with Gasteiger partial charge in [-0.1, -0.05) is 23.8 Å². The summed E-state index contributed by atoms with van der Waals surface area (Å²) in [6.07, 6.45) is 3.73. The molecule has 0 unspecified atom stereocenters. The lowest BCUT2D eigenvalue weighted by Gasteiger charge is -2.36. The fraction of sp³-hybridized carbons (Fsp3) is 0.600. The minimum atomic E-state index is -0.809. The maximum absolute atomic E-state index is 12.6. The first-order chi connectivity index (χ1) is 12.0. The monoisotopic (exact) mass is 344 g/mol. The van der Waals surface area contributed by atoms with Crippen molar-refractivity contribution < 1.29 is 14.7 Å². The molecule has 2 saturated heterocycles. The molecule has 2 fully saturated rings. The minimum absolute atomic E-state index is 0.0582. The van der Waals surface area contributed by atoms with E-state index in [0.29, 0.717) is 13.1 Å². The zero-order valence-electron chi connectivity index (χ0n) is 15.2. The van der Waals surface area contributed by atoms with Gasteiger partial charge in [-0.25, -0.2) is 0 Å². The summed E-state index contributed by atoms with van der Waals surface area (Å²) in [5, 5.41) is 9.80. The summed E-state index contributed by atoms with van der Waals surface area (Å²) < 4.78 is 0. The molecular weight excluding hydrogens is 316 g/mol. The van der Waals surface area contributed by atoms with Crippen LogP contribution in [0.3, 0.4) is 0 Å². The highest BCUT2D eigenvalue weighted by Crippen LogP contribution is 2.30. The van der Waals surface area contributed by atoms with Crippen LogP contribution in [0, 0.1) is 19.8 Å². The molecule has 0 bridgehead atoms. The van der Waals surface area contributed by atoms with Crippen LogP contribution in [0.5, 0.6) is 0 Å². The Hall–Kier alpha value is -1.88. The second-order valence-corrected chi connectivity index (χ2v) is 7.44. The number of hydrogen-bond acceptors (Lipinski definition) is 3. The molecule has 0 radical (unpaired) electrons. The van der Waals surface area contributed by atoms with Gasteiger partial charge in [-0.15, -0.1) is 0 Å². The van der Waals surface area contributed by atoms with Crippen LogP contribution in [0.4, 0.5) is 0 Å². The largest absolute Gasteiger partial charge is 0.480 e. The maximum Gasteiger partial charge on any atom is 0.325 e. The molecule has 2 heterocycles. The van der Waals surface area contributed by atoms with E-state index < -0.39 is 12.0 Å². The summed E-state index contributed by atoms with van der Waals surface area (Å²) in [4.78, 5) is 28.5. The SMILES string of the molecule is Cc1ccc([C@@H](C(=O)O)N2CCC(C(=O)N3CCCC3)CC2)c(C)c1. The molecule has 25 heavy (non-hydrogen) atoms. The third-order valence-electron chi connectivity index (χ3n) is 5.62. The summed E-state index contributed by atoms with van der Waals surface area (Å²) in [6.45, 7) is 7.09. The lowest BCUT2D eigenvalue weighted by atomic mass is 9.91. The zero-order valence-corrected chi connectivity index (χ0v) is 15.2. The van der Waals surface area contributed by atoms with Crippen LogP contribution < -0.4 is 0 Å². The van der Waals surface area contributed by atoms with Gasteiger partial charge in [0, 0.05) is 32.1 Å². The number of benzene rings is 1. The third-order valence-corrected chi connectivity index (χ3v) is 5.62. The van der Waals surface area contributed by atoms with Crippen molar-refractivity contribution in [1.29, 1.82) is 0 Å². The molecule has 3 rings (SSSR count). The number of rotatable bonds is 4. The summed E-state index contributed by atoms with van der Waals surface area (Å²) in [5.41, 5.74) is 3.02. The third kappa shape index (κ3) is 3.87. The van der Waals surface area contributed by atoms with Gasteiger partial charge in [0.05, 0.1) is 0 Å². The van der Waals surface area contributed by atoms with Gasteiger partial charge in [-0.2, -0.15) is 0 Å². The lowest BCUT2D eigenvalue weighted by Crippen LogP contribution is -2.44. The van der Waals surface area contributed by atoms with E-state index in [1.165, 1.54) is 0 Å². The van der Waals surface area contributed by atoms with Gasteiger partial charge in [0.15, 0.2) is 0 Å². The minimum Gasteiger partial charge on any atom is -0.480 e. The average molecular weight is 344 g/mol. The van der Waals surface area contributed by atoms with Crippen LogP contribution >= 0.6 is 0 Å². The van der Waals surface area contributed by atoms with Crippen LogP contribution in [-0.2, 0) is 9.59 Å². The predicted octanol–water partition coefficient (Wildman–Crippen LogP) is 2.76. The van der Waals surface area contributed by atoms with Gasteiger partial charge in [0.25, 0.3) is 0 Å².